The second-order valence-electron chi connectivity index (χ2n) is 1.78. The molecule has 0 aliphatic rings. The first kappa shape index (κ1) is 6.63. The van der Waals surface area contributed by atoms with Gasteiger partial charge in [-0.25, -0.2) is 10.8 Å². The van der Waals surface area contributed by atoms with Crippen molar-refractivity contribution in [3.05, 3.63) is 12.3 Å². The summed E-state index contributed by atoms with van der Waals surface area (Å²) < 4.78 is 0. The molecule has 0 bridgehead atoms. The molecule has 1 heterocycles. The van der Waals surface area contributed by atoms with Crippen molar-refractivity contribution in [3.8, 4) is 5.75 Å². The molecule has 0 atom stereocenters. The fourth-order valence-electron chi connectivity index (χ4n) is 0.591. The number of nitrogens with one attached hydrogen (secondary N) is 1. The molecular weight excluding hydrogens is 132 g/mol. The number of hydrazine groups is 1. The van der Waals surface area contributed by atoms with Crippen LogP contribution in [-0.2, 0) is 0 Å². The highest BCUT2D eigenvalue weighted by Crippen LogP contribution is 2.18. The maximum Gasteiger partial charge on any atom is 0.163 e. The van der Waals surface area contributed by atoms with E-state index >= 15 is 0 Å². The van der Waals surface area contributed by atoms with Crippen molar-refractivity contribution in [1.82, 2.24) is 4.98 Å². The zero-order valence-electron chi connectivity index (χ0n) is 5.20. The van der Waals surface area contributed by atoms with Crippen LogP contribution in [0.25, 0.3) is 0 Å². The Bertz CT molecular complexity index is 237. The predicted molar refractivity (Wildman–Crippen MR) is 38.1 cm³/mol. The molecule has 0 aliphatic heterocycles. The van der Waals surface area contributed by atoms with Gasteiger partial charge in [-0.1, -0.05) is 0 Å². The maximum atomic E-state index is 8.82. The smallest absolute Gasteiger partial charge is 0.163 e. The Balaban J connectivity index is 3.07. The van der Waals surface area contributed by atoms with E-state index in [1.54, 1.807) is 0 Å². The van der Waals surface area contributed by atoms with Crippen molar-refractivity contribution in [2.45, 2.75) is 0 Å². The molecule has 0 fully saturated rings. The van der Waals surface area contributed by atoms with Crippen LogP contribution >= 0.6 is 0 Å². The largest absolute Gasteiger partial charge is 0.506 e. The van der Waals surface area contributed by atoms with Gasteiger partial charge in [-0.15, -0.1) is 0 Å². The van der Waals surface area contributed by atoms with Gasteiger partial charge in [-0.05, 0) is 0 Å². The van der Waals surface area contributed by atoms with Crippen LogP contribution in [0, 0.1) is 0 Å². The van der Waals surface area contributed by atoms with E-state index in [0.29, 0.717) is 11.5 Å². The van der Waals surface area contributed by atoms with E-state index in [2.05, 4.69) is 10.4 Å². The topological polar surface area (TPSA) is 97.2 Å². The Hall–Kier alpha value is -1.49. The summed E-state index contributed by atoms with van der Waals surface area (Å²) in [6, 6.07) is 1.36. The first-order valence-corrected chi connectivity index (χ1v) is 2.65. The third-order valence-electron chi connectivity index (χ3n) is 1.04. The van der Waals surface area contributed by atoms with Gasteiger partial charge in [0.05, 0.1) is 11.9 Å². The molecule has 1 rings (SSSR count). The van der Waals surface area contributed by atoms with Gasteiger partial charge in [0.1, 0.15) is 5.75 Å². The molecule has 1 aromatic rings. The van der Waals surface area contributed by atoms with Crippen LogP contribution in [0.1, 0.15) is 0 Å². The summed E-state index contributed by atoms with van der Waals surface area (Å²) in [5.74, 6) is 5.41. The normalized spacial score (nSPS) is 9.30. The molecule has 0 aromatic carbocycles. The fourth-order valence-corrected chi connectivity index (χ4v) is 0.591. The Morgan fingerprint density at radius 3 is 2.80 bits per heavy atom. The van der Waals surface area contributed by atoms with Gasteiger partial charge < -0.3 is 16.3 Å². The maximum absolute atomic E-state index is 8.82. The van der Waals surface area contributed by atoms with Gasteiger partial charge >= 0.3 is 0 Å². The minimum absolute atomic E-state index is 0.0245. The van der Waals surface area contributed by atoms with Crippen molar-refractivity contribution in [2.75, 3.05) is 11.2 Å². The van der Waals surface area contributed by atoms with Crippen molar-refractivity contribution in [2.24, 2.45) is 5.84 Å². The zero-order valence-corrected chi connectivity index (χ0v) is 5.20. The lowest BCUT2D eigenvalue weighted by Crippen LogP contribution is -2.10. The number of hydrogen-bond acceptors (Lipinski definition) is 5. The fraction of sp³-hybridized carbons (Fsp3) is 0. The molecule has 1 aromatic heterocycles. The number of aromatic nitrogens is 1. The first-order chi connectivity index (χ1) is 4.74. The average molecular weight is 140 g/mol. The second kappa shape index (κ2) is 2.40. The molecule has 5 nitrogen and oxygen atoms in total. The van der Waals surface area contributed by atoms with Gasteiger partial charge in [0, 0.05) is 6.07 Å². The summed E-state index contributed by atoms with van der Waals surface area (Å²) in [7, 11) is 0. The number of anilines is 2. The predicted octanol–water partition coefficient (Wildman–Crippen LogP) is -0.345. The lowest BCUT2D eigenvalue weighted by Gasteiger charge is -2.01. The van der Waals surface area contributed by atoms with E-state index in [1.165, 1.54) is 12.3 Å². The number of nitrogens with zero attached hydrogens (tertiary/aromatic N) is 1. The molecule has 54 valence electrons. The first-order valence-electron chi connectivity index (χ1n) is 2.65. The van der Waals surface area contributed by atoms with Gasteiger partial charge in [0.15, 0.2) is 5.82 Å². The number of nitrogen functional groups attached to an aromatic ring is 2. The van der Waals surface area contributed by atoms with Gasteiger partial charge in [-0.3, -0.25) is 0 Å². The van der Waals surface area contributed by atoms with Crippen LogP contribution in [0.3, 0.4) is 0 Å². The molecule has 0 saturated heterocycles. The molecule has 0 saturated carbocycles. The van der Waals surface area contributed by atoms with Crippen LogP contribution in [0.2, 0.25) is 0 Å². The molecule has 6 N–H and O–H groups in total. The van der Waals surface area contributed by atoms with E-state index < -0.39 is 0 Å². The highest BCUT2D eigenvalue weighted by atomic mass is 16.3. The summed E-state index contributed by atoms with van der Waals surface area (Å²) in [4.78, 5) is 3.69. The molecule has 0 unspecified atom stereocenters. The van der Waals surface area contributed by atoms with Crippen molar-refractivity contribution in [3.63, 3.8) is 0 Å². The van der Waals surface area contributed by atoms with Crippen LogP contribution < -0.4 is 17.0 Å². The quantitative estimate of drug-likeness (QED) is 0.316. The van der Waals surface area contributed by atoms with Crippen LogP contribution in [-0.4, -0.2) is 10.1 Å². The third kappa shape index (κ3) is 1.08. The Kier molecular flexibility index (Phi) is 1.59. The van der Waals surface area contributed by atoms with Crippen LogP contribution in [0.5, 0.6) is 5.75 Å². The van der Waals surface area contributed by atoms with E-state index in [9.17, 15) is 0 Å². The monoisotopic (exact) mass is 140 g/mol. The van der Waals surface area contributed by atoms with E-state index in [0.717, 1.165) is 0 Å². The van der Waals surface area contributed by atoms with Crippen LogP contribution in [0.15, 0.2) is 12.3 Å². The molecule has 5 heteroatoms. The van der Waals surface area contributed by atoms with E-state index in [4.69, 9.17) is 16.7 Å². The summed E-state index contributed by atoms with van der Waals surface area (Å²) in [6.07, 6.45) is 1.26. The number of pyridine rings is 1. The minimum Gasteiger partial charge on any atom is -0.506 e. The van der Waals surface area contributed by atoms with Crippen molar-refractivity contribution >= 4 is 11.5 Å². The average Bonchev–Trinajstić information content (AvgIpc) is 1.88. The Morgan fingerprint density at radius 2 is 2.30 bits per heavy atom. The molecule has 0 aliphatic carbocycles. The SMILES string of the molecule is NNc1ncc(O)cc1N. The summed E-state index contributed by atoms with van der Waals surface area (Å²) in [6.45, 7) is 0. The number of rotatable bonds is 1. The van der Waals surface area contributed by atoms with Crippen molar-refractivity contribution in [1.29, 1.82) is 0 Å². The third-order valence-corrected chi connectivity index (χ3v) is 1.04. The van der Waals surface area contributed by atoms with Crippen molar-refractivity contribution < 1.29 is 5.11 Å². The highest BCUT2D eigenvalue weighted by Gasteiger charge is 1.97. The summed E-state index contributed by atoms with van der Waals surface area (Å²) in [5, 5.41) is 8.82. The second-order valence-corrected chi connectivity index (χ2v) is 1.78. The van der Waals surface area contributed by atoms with E-state index in [1.807, 2.05) is 0 Å². The Labute approximate surface area is 57.6 Å². The molecule has 0 amide bonds. The summed E-state index contributed by atoms with van der Waals surface area (Å²) >= 11 is 0. The highest BCUT2D eigenvalue weighted by molar-refractivity contribution is 5.61. The van der Waals surface area contributed by atoms with Gasteiger partial charge in [0.25, 0.3) is 0 Å². The molecule has 0 radical (unpaired) electrons. The van der Waals surface area contributed by atoms with Gasteiger partial charge in [0.2, 0.25) is 0 Å². The zero-order chi connectivity index (χ0) is 7.56. The summed E-state index contributed by atoms with van der Waals surface area (Å²) in [5.41, 5.74) is 7.96. The Morgan fingerprint density at radius 1 is 1.60 bits per heavy atom. The molecule has 10 heavy (non-hydrogen) atoms. The number of hydrogen-bond donors (Lipinski definition) is 4. The lowest BCUT2D eigenvalue weighted by atomic mass is 10.4. The minimum atomic E-state index is 0.0245. The lowest BCUT2D eigenvalue weighted by molar-refractivity contribution is 0.473. The number of aromatic hydroxyl groups is 1. The molecular formula is C5H8N4O. The van der Waals surface area contributed by atoms with E-state index in [-0.39, 0.29) is 5.75 Å². The number of nitrogens with two attached hydrogens (primary N) is 2. The standard InChI is InChI=1S/C5H8N4O/c6-4-1-3(10)2-8-5(4)9-7/h1-2,10H,6-7H2,(H,8,9). The van der Waals surface area contributed by atoms with Crippen LogP contribution in [0.4, 0.5) is 11.5 Å². The van der Waals surface area contributed by atoms with Gasteiger partial charge in [-0.2, -0.15) is 0 Å². The molecule has 0 spiro atoms.